The Morgan fingerprint density at radius 2 is 1.83 bits per heavy atom. The van der Waals surface area contributed by atoms with E-state index in [2.05, 4.69) is 0 Å². The summed E-state index contributed by atoms with van der Waals surface area (Å²) in [4.78, 5) is 15.1. The molecule has 6 heteroatoms. The summed E-state index contributed by atoms with van der Waals surface area (Å²) in [6, 6.07) is 14.7. The van der Waals surface area contributed by atoms with Crippen LogP contribution in [0.1, 0.15) is 12.5 Å². The summed E-state index contributed by atoms with van der Waals surface area (Å²) >= 11 is 12.7. The molecule has 0 radical (unpaired) electrons. The Labute approximate surface area is 155 Å². The third-order valence-electron chi connectivity index (χ3n) is 3.71. The molecular weight excluding hydrogens is 362 g/mol. The lowest BCUT2D eigenvalue weighted by atomic mass is 10.1. The van der Waals surface area contributed by atoms with E-state index >= 15 is 0 Å². The van der Waals surface area contributed by atoms with Gasteiger partial charge in [-0.2, -0.15) is 0 Å². The maximum Gasteiger partial charge on any atom is 0.271 e. The van der Waals surface area contributed by atoms with Crippen LogP contribution in [0.3, 0.4) is 0 Å². The van der Waals surface area contributed by atoms with Crippen molar-refractivity contribution in [1.82, 2.24) is 0 Å². The molecule has 1 heterocycles. The van der Waals surface area contributed by atoms with Crippen molar-refractivity contribution in [2.75, 3.05) is 12.0 Å². The van der Waals surface area contributed by atoms with Gasteiger partial charge in [-0.3, -0.25) is 9.69 Å². The minimum atomic E-state index is -0.137. The Morgan fingerprint density at radius 1 is 1.17 bits per heavy atom. The fourth-order valence-corrected chi connectivity index (χ4v) is 3.91. The molecule has 2 aromatic rings. The molecule has 3 rings (SSSR count). The summed E-state index contributed by atoms with van der Waals surface area (Å²) in [7, 11) is 1.57. The number of allylic oxidation sites excluding steroid dienone is 1. The molecule has 1 saturated heterocycles. The number of ether oxygens (including phenoxy) is 1. The first-order valence-corrected chi connectivity index (χ1v) is 8.79. The lowest BCUT2D eigenvalue weighted by Gasteiger charge is -2.17. The van der Waals surface area contributed by atoms with Gasteiger partial charge in [0.25, 0.3) is 5.91 Å². The van der Waals surface area contributed by atoms with Crippen molar-refractivity contribution in [3.05, 3.63) is 64.0 Å². The number of para-hydroxylation sites is 2. The summed E-state index contributed by atoms with van der Waals surface area (Å²) in [5, 5.41) is 0.660. The summed E-state index contributed by atoms with van der Waals surface area (Å²) in [5.41, 5.74) is 2.47. The minimum Gasteiger partial charge on any atom is -0.495 e. The van der Waals surface area contributed by atoms with Crippen LogP contribution in [0.4, 0.5) is 5.69 Å². The van der Waals surface area contributed by atoms with E-state index in [-0.39, 0.29) is 5.91 Å². The highest BCUT2D eigenvalue weighted by Gasteiger charge is 2.36. The second-order valence-electron chi connectivity index (χ2n) is 5.14. The van der Waals surface area contributed by atoms with Gasteiger partial charge < -0.3 is 4.74 Å². The van der Waals surface area contributed by atoms with Gasteiger partial charge in [0.1, 0.15) is 5.75 Å². The minimum absolute atomic E-state index is 0.137. The Kier molecular flexibility index (Phi) is 4.94. The van der Waals surface area contributed by atoms with Crippen LogP contribution in [0, 0.1) is 0 Å². The van der Waals surface area contributed by atoms with Gasteiger partial charge >= 0.3 is 0 Å². The van der Waals surface area contributed by atoms with Gasteiger partial charge in [0.2, 0.25) is 0 Å². The molecule has 0 N–H and O–H groups in total. The molecule has 1 amide bonds. The van der Waals surface area contributed by atoms with Gasteiger partial charge in [0.15, 0.2) is 4.32 Å². The molecule has 2 aromatic carbocycles. The number of anilines is 1. The van der Waals surface area contributed by atoms with Crippen LogP contribution in [0.15, 0.2) is 53.4 Å². The predicted octanol–water partition coefficient (Wildman–Crippen LogP) is 5.14. The molecule has 0 aromatic heterocycles. The average Bonchev–Trinajstić information content (AvgIpc) is 2.89. The summed E-state index contributed by atoms with van der Waals surface area (Å²) < 4.78 is 5.85. The fraction of sp³-hybridized carbons (Fsp3) is 0.111. The number of amides is 1. The molecule has 3 nitrogen and oxygen atoms in total. The molecule has 0 saturated carbocycles. The maximum absolute atomic E-state index is 12.9. The SMILES string of the molecule is COc1ccccc1N1C(=O)/C(=C(\C)c2ccc(Cl)cc2)SC1=S. The van der Waals surface area contributed by atoms with Crippen LogP contribution < -0.4 is 9.64 Å². The third-order valence-corrected chi connectivity index (χ3v) is 5.44. The smallest absolute Gasteiger partial charge is 0.271 e. The largest absolute Gasteiger partial charge is 0.495 e. The van der Waals surface area contributed by atoms with E-state index in [4.69, 9.17) is 28.6 Å². The first-order valence-electron chi connectivity index (χ1n) is 7.19. The zero-order valence-corrected chi connectivity index (χ0v) is 15.5. The van der Waals surface area contributed by atoms with Gasteiger partial charge in [-0.1, -0.05) is 59.8 Å². The van der Waals surface area contributed by atoms with E-state index in [1.165, 1.54) is 16.7 Å². The first-order chi connectivity index (χ1) is 11.5. The molecule has 1 aliphatic heterocycles. The highest BCUT2D eigenvalue weighted by atomic mass is 35.5. The molecule has 0 atom stereocenters. The number of rotatable bonds is 3. The van der Waals surface area contributed by atoms with Crippen molar-refractivity contribution in [3.63, 3.8) is 0 Å². The van der Waals surface area contributed by atoms with E-state index < -0.39 is 0 Å². The van der Waals surface area contributed by atoms with E-state index in [1.54, 1.807) is 19.2 Å². The van der Waals surface area contributed by atoms with Crippen molar-refractivity contribution < 1.29 is 9.53 Å². The second-order valence-corrected chi connectivity index (χ2v) is 7.22. The molecule has 0 aliphatic carbocycles. The zero-order valence-electron chi connectivity index (χ0n) is 13.1. The number of nitrogens with zero attached hydrogens (tertiary/aromatic N) is 1. The summed E-state index contributed by atoms with van der Waals surface area (Å²) in [5.74, 6) is 0.473. The molecule has 24 heavy (non-hydrogen) atoms. The highest BCUT2D eigenvalue weighted by molar-refractivity contribution is 8.27. The number of methoxy groups -OCH3 is 1. The van der Waals surface area contributed by atoms with Crippen LogP contribution in [0.25, 0.3) is 5.57 Å². The number of hydrogen-bond acceptors (Lipinski definition) is 4. The van der Waals surface area contributed by atoms with Gasteiger partial charge in [0.05, 0.1) is 17.7 Å². The lowest BCUT2D eigenvalue weighted by molar-refractivity contribution is -0.113. The topological polar surface area (TPSA) is 29.5 Å². The molecule has 0 spiro atoms. The van der Waals surface area contributed by atoms with Crippen molar-refractivity contribution >= 4 is 57.1 Å². The van der Waals surface area contributed by atoms with E-state index in [0.717, 1.165) is 11.1 Å². The number of carbonyl (C=O) groups excluding carboxylic acids is 1. The zero-order chi connectivity index (χ0) is 17.3. The maximum atomic E-state index is 12.9. The van der Waals surface area contributed by atoms with Gasteiger partial charge in [-0.05, 0) is 42.3 Å². The predicted molar refractivity (Wildman–Crippen MR) is 105 cm³/mol. The lowest BCUT2D eigenvalue weighted by Crippen LogP contribution is -2.28. The van der Waals surface area contributed by atoms with Crippen molar-refractivity contribution in [3.8, 4) is 5.75 Å². The Morgan fingerprint density at radius 3 is 2.50 bits per heavy atom. The monoisotopic (exact) mass is 375 g/mol. The Hall–Kier alpha value is -1.82. The standard InChI is InChI=1S/C18H14ClNO2S2/c1-11(12-7-9-13(19)10-8-12)16-17(21)20(18(23)24-16)14-5-3-4-6-15(14)22-2/h3-10H,1-2H3/b16-11-. The summed E-state index contributed by atoms with van der Waals surface area (Å²) in [6.45, 7) is 1.91. The number of halogens is 1. The molecule has 0 unspecified atom stereocenters. The highest BCUT2D eigenvalue weighted by Crippen LogP contribution is 2.41. The number of thiocarbonyl (C=S) groups is 1. The van der Waals surface area contributed by atoms with Crippen molar-refractivity contribution in [2.24, 2.45) is 0 Å². The van der Waals surface area contributed by atoms with Crippen LogP contribution in [-0.4, -0.2) is 17.3 Å². The molecule has 1 fully saturated rings. The van der Waals surface area contributed by atoms with Crippen molar-refractivity contribution in [1.29, 1.82) is 0 Å². The first kappa shape index (κ1) is 17.0. The van der Waals surface area contributed by atoms with Crippen LogP contribution in [0.5, 0.6) is 5.75 Å². The second kappa shape index (κ2) is 6.97. The van der Waals surface area contributed by atoms with Crippen LogP contribution in [-0.2, 0) is 4.79 Å². The number of benzene rings is 2. The molecular formula is C18H14ClNO2S2. The number of carbonyl (C=O) groups is 1. The Balaban J connectivity index is 2.03. The average molecular weight is 376 g/mol. The van der Waals surface area contributed by atoms with Gasteiger partial charge in [-0.15, -0.1) is 0 Å². The molecule has 0 bridgehead atoms. The normalized spacial score (nSPS) is 16.5. The van der Waals surface area contributed by atoms with E-state index in [1.807, 2.05) is 43.3 Å². The van der Waals surface area contributed by atoms with E-state index in [0.29, 0.717) is 25.7 Å². The Bertz CT molecular complexity index is 846. The third kappa shape index (κ3) is 3.07. The van der Waals surface area contributed by atoms with Gasteiger partial charge in [-0.25, -0.2) is 0 Å². The van der Waals surface area contributed by atoms with Crippen molar-refractivity contribution in [2.45, 2.75) is 6.92 Å². The number of thioether (sulfide) groups is 1. The quantitative estimate of drug-likeness (QED) is 0.548. The molecule has 122 valence electrons. The van der Waals surface area contributed by atoms with Crippen LogP contribution >= 0.6 is 35.6 Å². The number of hydrogen-bond donors (Lipinski definition) is 0. The summed E-state index contributed by atoms with van der Waals surface area (Å²) in [6.07, 6.45) is 0. The van der Waals surface area contributed by atoms with Gasteiger partial charge in [0, 0.05) is 5.02 Å². The fourth-order valence-electron chi connectivity index (χ4n) is 2.45. The molecule has 1 aliphatic rings. The van der Waals surface area contributed by atoms with E-state index in [9.17, 15) is 4.79 Å². The van der Waals surface area contributed by atoms with Crippen LogP contribution in [0.2, 0.25) is 5.02 Å².